The second kappa shape index (κ2) is 7.44. The maximum absolute atomic E-state index is 6.14. The molecule has 0 spiro atoms. The van der Waals surface area contributed by atoms with Crippen molar-refractivity contribution in [2.24, 2.45) is 0 Å². The van der Waals surface area contributed by atoms with Gasteiger partial charge >= 0.3 is 0 Å². The number of alkyl halides is 2. The zero-order valence-corrected chi connectivity index (χ0v) is 14.8. The average Bonchev–Trinajstić information content (AvgIpc) is 2.94. The van der Waals surface area contributed by atoms with Crippen molar-refractivity contribution >= 4 is 43.5 Å². The third-order valence-electron chi connectivity index (χ3n) is 3.92. The second-order valence-electron chi connectivity index (χ2n) is 5.23. The Balaban J connectivity index is 2.11. The number of hydrogen-bond donors (Lipinski definition) is 0. The lowest BCUT2D eigenvalue weighted by atomic mass is 9.79. The largest absolute Gasteiger partial charge is 0.378 e. The third-order valence-corrected chi connectivity index (χ3v) is 6.30. The van der Waals surface area contributed by atoms with Crippen LogP contribution in [0.2, 0.25) is 5.02 Å². The SMILES string of the molecule is Clc1cccc(C(CBr)(CBr)CCC2CCCO2)c1. The molecule has 1 aromatic carbocycles. The molecular weight excluding hydrogens is 391 g/mol. The summed E-state index contributed by atoms with van der Waals surface area (Å²) in [7, 11) is 0. The van der Waals surface area contributed by atoms with Crippen molar-refractivity contribution < 1.29 is 4.74 Å². The lowest BCUT2D eigenvalue weighted by Gasteiger charge is -2.32. The molecule has 1 nitrogen and oxygen atoms in total. The number of halogens is 3. The van der Waals surface area contributed by atoms with Gasteiger partial charge in [-0.1, -0.05) is 55.6 Å². The molecule has 19 heavy (non-hydrogen) atoms. The van der Waals surface area contributed by atoms with E-state index in [1.807, 2.05) is 12.1 Å². The molecule has 4 heteroatoms. The first-order valence-corrected chi connectivity index (χ1v) is 9.32. The van der Waals surface area contributed by atoms with E-state index in [-0.39, 0.29) is 5.41 Å². The highest BCUT2D eigenvalue weighted by molar-refractivity contribution is 9.09. The highest BCUT2D eigenvalue weighted by atomic mass is 79.9. The first kappa shape index (κ1) is 15.8. The Labute approximate surface area is 137 Å². The quantitative estimate of drug-likeness (QED) is 0.576. The minimum Gasteiger partial charge on any atom is -0.378 e. The standard InChI is InChI=1S/C15H19Br2ClO/c16-10-15(11-17,7-6-14-5-2-8-19-14)12-3-1-4-13(18)9-12/h1,3-4,9,14H,2,5-8,10-11H2. The zero-order chi connectivity index (χ0) is 13.7. The summed E-state index contributed by atoms with van der Waals surface area (Å²) in [6.45, 7) is 0.928. The van der Waals surface area contributed by atoms with Crippen molar-refractivity contribution in [1.29, 1.82) is 0 Å². The molecule has 1 aliphatic rings. The van der Waals surface area contributed by atoms with Crippen molar-refractivity contribution in [2.45, 2.75) is 37.2 Å². The molecule has 0 saturated carbocycles. The summed E-state index contributed by atoms with van der Waals surface area (Å²) in [5.74, 6) is 0. The van der Waals surface area contributed by atoms with E-state index in [1.165, 1.54) is 18.4 Å². The molecule has 106 valence electrons. The minimum atomic E-state index is 0.0941. The van der Waals surface area contributed by atoms with E-state index in [0.29, 0.717) is 6.10 Å². The van der Waals surface area contributed by atoms with Crippen LogP contribution < -0.4 is 0 Å². The predicted molar refractivity (Wildman–Crippen MR) is 88.9 cm³/mol. The van der Waals surface area contributed by atoms with Crippen LogP contribution in [0.4, 0.5) is 0 Å². The van der Waals surface area contributed by atoms with Gasteiger partial charge in [0.05, 0.1) is 6.10 Å². The van der Waals surface area contributed by atoms with Crippen molar-refractivity contribution in [2.75, 3.05) is 17.3 Å². The van der Waals surface area contributed by atoms with Gasteiger partial charge in [0, 0.05) is 27.7 Å². The molecule has 0 aliphatic carbocycles. The van der Waals surface area contributed by atoms with Crippen LogP contribution in [0.15, 0.2) is 24.3 Å². The molecule has 0 bridgehead atoms. The van der Waals surface area contributed by atoms with Gasteiger partial charge in [-0.25, -0.2) is 0 Å². The van der Waals surface area contributed by atoms with Crippen molar-refractivity contribution in [3.63, 3.8) is 0 Å². The summed E-state index contributed by atoms with van der Waals surface area (Å²) in [4.78, 5) is 0. The van der Waals surface area contributed by atoms with Gasteiger partial charge in [-0.15, -0.1) is 0 Å². The number of ether oxygens (including phenoxy) is 1. The smallest absolute Gasteiger partial charge is 0.0576 e. The lowest BCUT2D eigenvalue weighted by molar-refractivity contribution is 0.0979. The minimum absolute atomic E-state index is 0.0941. The van der Waals surface area contributed by atoms with Crippen LogP contribution in [0.3, 0.4) is 0 Å². The molecule has 0 aromatic heterocycles. The summed E-state index contributed by atoms with van der Waals surface area (Å²) in [5, 5.41) is 2.66. The Hall–Kier alpha value is 0.430. The van der Waals surface area contributed by atoms with Gasteiger partial charge in [-0.3, -0.25) is 0 Å². The van der Waals surface area contributed by atoms with Crippen LogP contribution in [0, 0.1) is 0 Å². The molecule has 1 aromatic rings. The average molecular weight is 411 g/mol. The van der Waals surface area contributed by atoms with Crippen LogP contribution in [0.25, 0.3) is 0 Å². The maximum Gasteiger partial charge on any atom is 0.0576 e. The van der Waals surface area contributed by atoms with Gasteiger partial charge in [0.25, 0.3) is 0 Å². The molecule has 0 amide bonds. The molecule has 1 heterocycles. The van der Waals surface area contributed by atoms with Crippen molar-refractivity contribution in [3.8, 4) is 0 Å². The molecule has 1 atom stereocenters. The summed E-state index contributed by atoms with van der Waals surface area (Å²) in [6.07, 6.45) is 5.07. The van der Waals surface area contributed by atoms with E-state index in [9.17, 15) is 0 Å². The van der Waals surface area contributed by atoms with Crippen LogP contribution >= 0.6 is 43.5 Å². The van der Waals surface area contributed by atoms with Gasteiger partial charge in [0.15, 0.2) is 0 Å². The molecule has 1 unspecified atom stereocenters. The Kier molecular flexibility index (Phi) is 6.19. The van der Waals surface area contributed by atoms with Crippen LogP contribution in [0.1, 0.15) is 31.2 Å². The summed E-state index contributed by atoms with van der Waals surface area (Å²) in [6, 6.07) is 8.21. The van der Waals surface area contributed by atoms with Gasteiger partial charge in [-0.2, -0.15) is 0 Å². The fraction of sp³-hybridized carbons (Fsp3) is 0.600. The van der Waals surface area contributed by atoms with Gasteiger partial charge in [0.1, 0.15) is 0 Å². The van der Waals surface area contributed by atoms with Crippen LogP contribution in [-0.2, 0) is 10.2 Å². The van der Waals surface area contributed by atoms with E-state index < -0.39 is 0 Å². The molecule has 1 aliphatic heterocycles. The molecule has 2 rings (SSSR count). The molecular formula is C15H19Br2ClO. The molecule has 0 radical (unpaired) electrons. The fourth-order valence-corrected chi connectivity index (χ4v) is 4.92. The predicted octanol–water partition coefficient (Wildman–Crippen LogP) is 5.33. The molecule has 1 saturated heterocycles. The highest BCUT2D eigenvalue weighted by Gasteiger charge is 2.31. The maximum atomic E-state index is 6.14. The van der Waals surface area contributed by atoms with E-state index in [2.05, 4.69) is 44.0 Å². The Morgan fingerprint density at radius 3 is 2.68 bits per heavy atom. The van der Waals surface area contributed by atoms with E-state index in [1.54, 1.807) is 0 Å². The summed E-state index contributed by atoms with van der Waals surface area (Å²) < 4.78 is 5.74. The Bertz CT molecular complexity index is 401. The van der Waals surface area contributed by atoms with E-state index in [0.717, 1.165) is 35.1 Å². The van der Waals surface area contributed by atoms with E-state index in [4.69, 9.17) is 16.3 Å². The molecule has 0 N–H and O–H groups in total. The van der Waals surface area contributed by atoms with Crippen LogP contribution in [0.5, 0.6) is 0 Å². The first-order valence-electron chi connectivity index (χ1n) is 6.70. The van der Waals surface area contributed by atoms with E-state index >= 15 is 0 Å². The van der Waals surface area contributed by atoms with Crippen molar-refractivity contribution in [3.05, 3.63) is 34.9 Å². The number of rotatable bonds is 6. The lowest BCUT2D eigenvalue weighted by Crippen LogP contribution is -2.31. The summed E-state index contributed by atoms with van der Waals surface area (Å²) in [5.41, 5.74) is 1.39. The number of hydrogen-bond acceptors (Lipinski definition) is 1. The third kappa shape index (κ3) is 3.96. The summed E-state index contributed by atoms with van der Waals surface area (Å²) >= 11 is 13.5. The topological polar surface area (TPSA) is 9.23 Å². The fourth-order valence-electron chi connectivity index (χ4n) is 2.60. The number of benzene rings is 1. The highest BCUT2D eigenvalue weighted by Crippen LogP contribution is 2.36. The van der Waals surface area contributed by atoms with Gasteiger partial charge in [-0.05, 0) is 43.4 Å². The normalized spacial score (nSPS) is 19.8. The molecule has 1 fully saturated rings. The van der Waals surface area contributed by atoms with Crippen LogP contribution in [-0.4, -0.2) is 23.4 Å². The monoisotopic (exact) mass is 408 g/mol. The Morgan fingerprint density at radius 1 is 1.32 bits per heavy atom. The van der Waals surface area contributed by atoms with Gasteiger partial charge < -0.3 is 4.74 Å². The zero-order valence-electron chi connectivity index (χ0n) is 10.9. The Morgan fingerprint density at radius 2 is 2.11 bits per heavy atom. The van der Waals surface area contributed by atoms with Crippen molar-refractivity contribution in [1.82, 2.24) is 0 Å². The van der Waals surface area contributed by atoms with Gasteiger partial charge in [0.2, 0.25) is 0 Å². The second-order valence-corrected chi connectivity index (χ2v) is 6.79. The first-order chi connectivity index (χ1) is 9.20.